The summed E-state index contributed by atoms with van der Waals surface area (Å²) in [4.78, 5) is 11.4. The number of hydrogen-bond donors (Lipinski definition) is 1. The zero-order valence-electron chi connectivity index (χ0n) is 10.7. The predicted molar refractivity (Wildman–Crippen MR) is 83.4 cm³/mol. The van der Waals surface area contributed by atoms with Gasteiger partial charge in [-0.3, -0.25) is 10.1 Å². The highest BCUT2D eigenvalue weighted by Gasteiger charge is 2.16. The number of rotatable bonds is 4. The van der Waals surface area contributed by atoms with E-state index in [-0.39, 0.29) is 24.7 Å². The van der Waals surface area contributed by atoms with Crippen LogP contribution in [0.2, 0.25) is 0 Å². The van der Waals surface area contributed by atoms with Crippen molar-refractivity contribution in [3.63, 3.8) is 0 Å². The van der Waals surface area contributed by atoms with Gasteiger partial charge in [-0.1, -0.05) is 27.8 Å². The first kappa shape index (κ1) is 15.5. The minimum Gasteiger partial charge on any atom is -0.481 e. The summed E-state index contributed by atoms with van der Waals surface area (Å²) in [7, 11) is 0. The maximum Gasteiger partial charge on any atom is 0.312 e. The molecule has 2 rings (SSSR count). The molecule has 108 valence electrons. The number of nitro groups is 1. The van der Waals surface area contributed by atoms with Crippen LogP contribution in [0.15, 0.2) is 34.1 Å². The highest BCUT2D eigenvalue weighted by molar-refractivity contribution is 9.10. The van der Waals surface area contributed by atoms with Crippen molar-refractivity contribution < 1.29 is 14.8 Å². The van der Waals surface area contributed by atoms with Crippen LogP contribution in [0.3, 0.4) is 0 Å². The number of nitrogens with zero attached hydrogens (tertiary/aromatic N) is 1. The molecular weight excluding hydrogens is 358 g/mol. The molecule has 0 bridgehead atoms. The molecule has 2 aromatic rings. The summed E-state index contributed by atoms with van der Waals surface area (Å²) in [6, 6.07) is 6.45. The van der Waals surface area contributed by atoms with E-state index in [9.17, 15) is 10.1 Å². The van der Waals surface area contributed by atoms with Crippen LogP contribution >= 0.6 is 27.3 Å². The van der Waals surface area contributed by atoms with Gasteiger partial charge in [0.1, 0.15) is 13.2 Å². The Morgan fingerprint density at radius 2 is 2.24 bits per heavy atom. The molecule has 0 aliphatic carbocycles. The minimum absolute atomic E-state index is 0.0936. The molecule has 0 fully saturated rings. The lowest BCUT2D eigenvalue weighted by Gasteiger charge is -2.06. The normalized spacial score (nSPS) is 9.81. The zero-order chi connectivity index (χ0) is 15.2. The van der Waals surface area contributed by atoms with Gasteiger partial charge in [-0.15, -0.1) is 11.3 Å². The van der Waals surface area contributed by atoms with E-state index >= 15 is 0 Å². The van der Waals surface area contributed by atoms with E-state index in [1.54, 1.807) is 12.1 Å². The number of aliphatic hydroxyl groups excluding tert-OH is 1. The average Bonchev–Trinajstić information content (AvgIpc) is 2.91. The van der Waals surface area contributed by atoms with E-state index in [4.69, 9.17) is 9.84 Å². The summed E-state index contributed by atoms with van der Waals surface area (Å²) in [6.45, 7) is -0.0239. The van der Waals surface area contributed by atoms with E-state index in [2.05, 4.69) is 27.8 Å². The van der Waals surface area contributed by atoms with Crippen LogP contribution in [0, 0.1) is 22.0 Å². The highest BCUT2D eigenvalue weighted by Crippen LogP contribution is 2.31. The summed E-state index contributed by atoms with van der Waals surface area (Å²) in [6.07, 6.45) is 0. The van der Waals surface area contributed by atoms with Crippen molar-refractivity contribution in [2.24, 2.45) is 0 Å². The van der Waals surface area contributed by atoms with Gasteiger partial charge in [0, 0.05) is 16.1 Å². The summed E-state index contributed by atoms with van der Waals surface area (Å²) >= 11 is 4.64. The number of nitro benzene ring substituents is 1. The second kappa shape index (κ2) is 7.22. The fourth-order valence-electron chi connectivity index (χ4n) is 1.60. The standard InChI is InChI=1S/C14H10BrNO4S/c15-11-3-4-13(12(8-11)16(18)19)20-9-14-10(2-1-6-17)5-7-21-14/h3-5,7-8,17H,6,9H2. The molecule has 1 aromatic carbocycles. The Kier molecular flexibility index (Phi) is 5.33. The van der Waals surface area contributed by atoms with E-state index in [0.717, 1.165) is 10.4 Å². The number of benzene rings is 1. The van der Waals surface area contributed by atoms with Crippen molar-refractivity contribution in [2.75, 3.05) is 6.61 Å². The molecule has 7 heteroatoms. The van der Waals surface area contributed by atoms with Crippen LogP contribution in [-0.2, 0) is 6.61 Å². The number of halogens is 1. The average molecular weight is 368 g/mol. The molecule has 0 atom stereocenters. The molecule has 0 aliphatic rings. The first-order valence-electron chi connectivity index (χ1n) is 5.84. The van der Waals surface area contributed by atoms with Gasteiger partial charge in [-0.25, -0.2) is 0 Å². The van der Waals surface area contributed by atoms with Crippen LogP contribution in [0.4, 0.5) is 5.69 Å². The van der Waals surface area contributed by atoms with Crippen LogP contribution in [0.1, 0.15) is 10.4 Å². The lowest BCUT2D eigenvalue weighted by Crippen LogP contribution is -1.99. The Morgan fingerprint density at radius 1 is 1.43 bits per heavy atom. The highest BCUT2D eigenvalue weighted by atomic mass is 79.9. The molecular formula is C14H10BrNO4S. The third kappa shape index (κ3) is 4.04. The van der Waals surface area contributed by atoms with Crippen molar-refractivity contribution >= 4 is 33.0 Å². The van der Waals surface area contributed by atoms with Crippen molar-refractivity contribution in [1.29, 1.82) is 0 Å². The maximum atomic E-state index is 11.0. The first-order chi connectivity index (χ1) is 10.1. The molecule has 0 amide bonds. The Bertz CT molecular complexity index is 717. The molecule has 0 saturated heterocycles. The maximum absolute atomic E-state index is 11.0. The van der Waals surface area contributed by atoms with Gasteiger partial charge in [-0.05, 0) is 23.6 Å². The molecule has 1 N–H and O–H groups in total. The number of thiophene rings is 1. The van der Waals surface area contributed by atoms with E-state index in [1.807, 2.05) is 11.4 Å². The molecule has 1 heterocycles. The molecule has 5 nitrogen and oxygen atoms in total. The topological polar surface area (TPSA) is 72.6 Å². The number of ether oxygens (including phenoxy) is 1. The molecule has 0 saturated carbocycles. The Labute approximate surface area is 133 Å². The van der Waals surface area contributed by atoms with E-state index in [0.29, 0.717) is 4.47 Å². The second-order valence-corrected chi connectivity index (χ2v) is 5.79. The summed E-state index contributed by atoms with van der Waals surface area (Å²) in [5, 5.41) is 21.6. The smallest absolute Gasteiger partial charge is 0.312 e. The van der Waals surface area contributed by atoms with Crippen molar-refractivity contribution in [2.45, 2.75) is 6.61 Å². The van der Waals surface area contributed by atoms with Crippen LogP contribution in [0.25, 0.3) is 0 Å². The zero-order valence-corrected chi connectivity index (χ0v) is 13.1. The summed E-state index contributed by atoms with van der Waals surface area (Å²) in [5.74, 6) is 5.59. The van der Waals surface area contributed by atoms with Crippen molar-refractivity contribution in [3.05, 3.63) is 54.7 Å². The Balaban J connectivity index is 2.17. The summed E-state index contributed by atoms with van der Waals surface area (Å²) in [5.41, 5.74) is 0.665. The second-order valence-electron chi connectivity index (χ2n) is 3.88. The Hall–Kier alpha value is -1.88. The molecule has 0 spiro atoms. The lowest BCUT2D eigenvalue weighted by atomic mass is 10.2. The van der Waals surface area contributed by atoms with Gasteiger partial charge in [0.15, 0.2) is 5.75 Å². The van der Waals surface area contributed by atoms with Crippen molar-refractivity contribution in [1.82, 2.24) is 0 Å². The SMILES string of the molecule is O=[N+]([O-])c1cc(Br)ccc1OCc1sccc1C#CCO. The summed E-state index contributed by atoms with van der Waals surface area (Å²) < 4.78 is 6.15. The minimum atomic E-state index is -0.485. The molecule has 21 heavy (non-hydrogen) atoms. The van der Waals surface area contributed by atoms with E-state index in [1.165, 1.54) is 17.4 Å². The van der Waals surface area contributed by atoms with Gasteiger partial charge in [0.25, 0.3) is 0 Å². The van der Waals surface area contributed by atoms with E-state index < -0.39 is 4.92 Å². The largest absolute Gasteiger partial charge is 0.481 e. The monoisotopic (exact) mass is 367 g/mol. The molecule has 0 unspecified atom stereocenters. The van der Waals surface area contributed by atoms with Gasteiger partial charge in [0.2, 0.25) is 0 Å². The van der Waals surface area contributed by atoms with Gasteiger partial charge < -0.3 is 9.84 Å². The molecule has 0 aliphatic heterocycles. The molecule has 0 radical (unpaired) electrons. The third-order valence-electron chi connectivity index (χ3n) is 2.52. The fourth-order valence-corrected chi connectivity index (χ4v) is 2.69. The van der Waals surface area contributed by atoms with Gasteiger partial charge >= 0.3 is 5.69 Å². The lowest BCUT2D eigenvalue weighted by molar-refractivity contribution is -0.386. The quantitative estimate of drug-likeness (QED) is 0.510. The van der Waals surface area contributed by atoms with Crippen LogP contribution < -0.4 is 4.74 Å². The van der Waals surface area contributed by atoms with Crippen LogP contribution in [0.5, 0.6) is 5.75 Å². The fraction of sp³-hybridized carbons (Fsp3) is 0.143. The first-order valence-corrected chi connectivity index (χ1v) is 7.52. The number of hydrogen-bond acceptors (Lipinski definition) is 5. The predicted octanol–water partition coefficient (Wildman–Crippen LogP) is 3.34. The Morgan fingerprint density at radius 3 is 2.95 bits per heavy atom. The van der Waals surface area contributed by atoms with Gasteiger partial charge in [-0.2, -0.15) is 0 Å². The van der Waals surface area contributed by atoms with Crippen LogP contribution in [-0.4, -0.2) is 16.6 Å². The van der Waals surface area contributed by atoms with Gasteiger partial charge in [0.05, 0.1) is 9.80 Å². The van der Waals surface area contributed by atoms with Crippen molar-refractivity contribution in [3.8, 4) is 17.6 Å². The number of aliphatic hydroxyl groups is 1. The third-order valence-corrected chi connectivity index (χ3v) is 3.91. The molecule has 1 aromatic heterocycles.